The molecule has 1 aliphatic rings. The molecule has 0 amide bonds. The predicted octanol–water partition coefficient (Wildman–Crippen LogP) is 1.66. The molecule has 0 radical (unpaired) electrons. The van der Waals surface area contributed by atoms with Crippen LogP contribution in [0.2, 0.25) is 0 Å². The number of nitrogens with one attached hydrogen (secondary N) is 1. The highest BCUT2D eigenvalue weighted by molar-refractivity contribution is 5.51. The van der Waals surface area contributed by atoms with Gasteiger partial charge in [-0.25, -0.2) is 0 Å². The maximum absolute atomic E-state index is 5.40. The zero-order chi connectivity index (χ0) is 10.1. The van der Waals surface area contributed by atoms with Gasteiger partial charge in [-0.05, 0) is 19.1 Å². The van der Waals surface area contributed by atoms with Crippen LogP contribution in [0.5, 0.6) is 11.5 Å². The zero-order valence-electron chi connectivity index (χ0n) is 8.76. The van der Waals surface area contributed by atoms with Gasteiger partial charge >= 0.3 is 0 Å². The molecule has 2 rings (SSSR count). The van der Waals surface area contributed by atoms with E-state index < -0.39 is 0 Å². The summed E-state index contributed by atoms with van der Waals surface area (Å²) in [5.74, 6) is 1.82. The van der Waals surface area contributed by atoms with Crippen LogP contribution < -0.4 is 14.8 Å². The highest BCUT2D eigenvalue weighted by Gasteiger charge is 2.27. The molecule has 0 saturated carbocycles. The van der Waals surface area contributed by atoms with Crippen LogP contribution in [0.1, 0.15) is 17.2 Å². The first-order valence-electron chi connectivity index (χ1n) is 4.72. The van der Waals surface area contributed by atoms with E-state index in [0.717, 1.165) is 23.6 Å². The van der Waals surface area contributed by atoms with Crippen molar-refractivity contribution in [1.29, 1.82) is 0 Å². The summed E-state index contributed by atoms with van der Waals surface area (Å²) >= 11 is 0. The Morgan fingerprint density at radius 3 is 2.50 bits per heavy atom. The molecule has 76 valence electrons. The first kappa shape index (κ1) is 9.34. The molecule has 0 unspecified atom stereocenters. The Bertz CT molecular complexity index is 345. The summed E-state index contributed by atoms with van der Waals surface area (Å²) in [6.07, 6.45) is 0. The Kier molecular flexibility index (Phi) is 2.33. The number of methoxy groups -OCH3 is 2. The fourth-order valence-electron chi connectivity index (χ4n) is 1.74. The molecule has 14 heavy (non-hydrogen) atoms. The third-order valence-electron chi connectivity index (χ3n) is 2.59. The van der Waals surface area contributed by atoms with Crippen molar-refractivity contribution in [2.24, 2.45) is 0 Å². The summed E-state index contributed by atoms with van der Waals surface area (Å²) in [5, 5.41) is 3.27. The van der Waals surface area contributed by atoms with Gasteiger partial charge in [-0.1, -0.05) is 0 Å². The van der Waals surface area contributed by atoms with Crippen molar-refractivity contribution in [3.8, 4) is 11.5 Å². The van der Waals surface area contributed by atoms with E-state index in [4.69, 9.17) is 9.47 Å². The molecule has 1 fully saturated rings. The second kappa shape index (κ2) is 3.50. The van der Waals surface area contributed by atoms with Crippen molar-refractivity contribution in [2.75, 3.05) is 20.8 Å². The zero-order valence-corrected chi connectivity index (χ0v) is 8.76. The van der Waals surface area contributed by atoms with Crippen molar-refractivity contribution in [2.45, 2.75) is 13.0 Å². The fraction of sp³-hybridized carbons (Fsp3) is 0.455. The standard InChI is InChI=1S/C11H15NO2/c1-7-10(13-2)5-4-8(9-6-12-9)11(7)14-3/h4-5,9,12H,6H2,1-3H3/t9-/m1/s1. The Balaban J connectivity index is 2.46. The molecule has 3 nitrogen and oxygen atoms in total. The molecule has 1 N–H and O–H groups in total. The summed E-state index contributed by atoms with van der Waals surface area (Å²) in [7, 11) is 3.38. The van der Waals surface area contributed by atoms with Gasteiger partial charge in [-0.2, -0.15) is 0 Å². The summed E-state index contributed by atoms with van der Waals surface area (Å²) < 4.78 is 10.6. The Morgan fingerprint density at radius 1 is 1.29 bits per heavy atom. The maximum atomic E-state index is 5.40. The molecular weight excluding hydrogens is 178 g/mol. The lowest BCUT2D eigenvalue weighted by Gasteiger charge is -2.13. The Morgan fingerprint density at radius 2 is 2.00 bits per heavy atom. The van der Waals surface area contributed by atoms with Crippen molar-refractivity contribution in [1.82, 2.24) is 5.32 Å². The molecule has 1 heterocycles. The molecule has 1 aromatic carbocycles. The summed E-state index contributed by atoms with van der Waals surface area (Å²) in [5.41, 5.74) is 2.30. The average Bonchev–Trinajstić information content (AvgIpc) is 3.00. The predicted molar refractivity (Wildman–Crippen MR) is 55.0 cm³/mol. The number of ether oxygens (including phenoxy) is 2. The smallest absolute Gasteiger partial charge is 0.130 e. The summed E-state index contributed by atoms with van der Waals surface area (Å²) in [6, 6.07) is 4.53. The van der Waals surface area contributed by atoms with Gasteiger partial charge in [0.2, 0.25) is 0 Å². The van der Waals surface area contributed by atoms with E-state index in [9.17, 15) is 0 Å². The number of benzene rings is 1. The van der Waals surface area contributed by atoms with Crippen LogP contribution in [0.4, 0.5) is 0 Å². The summed E-state index contributed by atoms with van der Waals surface area (Å²) in [6.45, 7) is 3.06. The van der Waals surface area contributed by atoms with Crippen LogP contribution in [0, 0.1) is 6.92 Å². The first-order valence-corrected chi connectivity index (χ1v) is 4.72. The van der Waals surface area contributed by atoms with Crippen molar-refractivity contribution in [3.05, 3.63) is 23.3 Å². The number of hydrogen-bond acceptors (Lipinski definition) is 3. The minimum Gasteiger partial charge on any atom is -0.496 e. The second-order valence-electron chi connectivity index (χ2n) is 3.48. The van der Waals surface area contributed by atoms with Gasteiger partial charge in [0.1, 0.15) is 11.5 Å². The molecule has 0 spiro atoms. The minimum absolute atomic E-state index is 0.467. The van der Waals surface area contributed by atoms with Crippen LogP contribution in [-0.4, -0.2) is 20.8 Å². The minimum atomic E-state index is 0.467. The quantitative estimate of drug-likeness (QED) is 0.742. The monoisotopic (exact) mass is 193 g/mol. The molecule has 1 aliphatic heterocycles. The van der Waals surface area contributed by atoms with Gasteiger partial charge in [0.25, 0.3) is 0 Å². The molecule has 1 atom stereocenters. The molecule has 3 heteroatoms. The van der Waals surface area contributed by atoms with Crippen molar-refractivity contribution >= 4 is 0 Å². The fourth-order valence-corrected chi connectivity index (χ4v) is 1.74. The van der Waals surface area contributed by atoms with E-state index in [1.807, 2.05) is 13.0 Å². The molecule has 0 bridgehead atoms. The molecule has 0 aromatic heterocycles. The SMILES string of the molecule is COc1ccc([C@H]2CN2)c(OC)c1C. The highest BCUT2D eigenvalue weighted by Crippen LogP contribution is 2.37. The third kappa shape index (κ3) is 1.44. The van der Waals surface area contributed by atoms with Crippen molar-refractivity contribution in [3.63, 3.8) is 0 Å². The van der Waals surface area contributed by atoms with E-state index in [-0.39, 0.29) is 0 Å². The summed E-state index contributed by atoms with van der Waals surface area (Å²) in [4.78, 5) is 0. The lowest BCUT2D eigenvalue weighted by Crippen LogP contribution is -1.97. The van der Waals surface area contributed by atoms with Gasteiger partial charge < -0.3 is 14.8 Å². The third-order valence-corrected chi connectivity index (χ3v) is 2.59. The average molecular weight is 193 g/mol. The molecule has 0 aliphatic carbocycles. The topological polar surface area (TPSA) is 40.4 Å². The van der Waals surface area contributed by atoms with Crippen molar-refractivity contribution < 1.29 is 9.47 Å². The molecular formula is C11H15NO2. The van der Waals surface area contributed by atoms with Gasteiger partial charge in [0.15, 0.2) is 0 Å². The van der Waals surface area contributed by atoms with Gasteiger partial charge in [0, 0.05) is 23.7 Å². The van der Waals surface area contributed by atoms with Gasteiger partial charge in [-0.15, -0.1) is 0 Å². The number of hydrogen-bond donors (Lipinski definition) is 1. The van der Waals surface area contributed by atoms with Crippen LogP contribution in [0.15, 0.2) is 12.1 Å². The normalized spacial score (nSPS) is 19.2. The lowest BCUT2D eigenvalue weighted by molar-refractivity contribution is 0.385. The van der Waals surface area contributed by atoms with Crippen LogP contribution in [-0.2, 0) is 0 Å². The first-order chi connectivity index (χ1) is 6.77. The van der Waals surface area contributed by atoms with Gasteiger partial charge in [0.05, 0.1) is 14.2 Å². The van der Waals surface area contributed by atoms with Crippen LogP contribution >= 0.6 is 0 Å². The second-order valence-corrected chi connectivity index (χ2v) is 3.48. The Labute approximate surface area is 84.0 Å². The van der Waals surface area contributed by atoms with Gasteiger partial charge in [-0.3, -0.25) is 0 Å². The van der Waals surface area contributed by atoms with Crippen LogP contribution in [0.3, 0.4) is 0 Å². The van der Waals surface area contributed by atoms with E-state index >= 15 is 0 Å². The Hall–Kier alpha value is -1.22. The number of rotatable bonds is 3. The maximum Gasteiger partial charge on any atom is 0.130 e. The van der Waals surface area contributed by atoms with E-state index in [0.29, 0.717) is 6.04 Å². The largest absolute Gasteiger partial charge is 0.496 e. The van der Waals surface area contributed by atoms with E-state index in [2.05, 4.69) is 11.4 Å². The highest BCUT2D eigenvalue weighted by atomic mass is 16.5. The molecule has 1 aromatic rings. The lowest BCUT2D eigenvalue weighted by atomic mass is 10.1. The molecule has 1 saturated heterocycles. The van der Waals surface area contributed by atoms with Crippen LogP contribution in [0.25, 0.3) is 0 Å². The van der Waals surface area contributed by atoms with E-state index in [1.54, 1.807) is 14.2 Å². The van der Waals surface area contributed by atoms with E-state index in [1.165, 1.54) is 5.56 Å².